The minimum atomic E-state index is 0. The monoisotopic (exact) mass is 514 g/mol. The zero-order chi connectivity index (χ0) is 20.1. The topological polar surface area (TPSA) is 70.0 Å². The van der Waals surface area contributed by atoms with Crippen molar-refractivity contribution in [2.75, 3.05) is 13.6 Å². The molecule has 0 saturated carbocycles. The van der Waals surface area contributed by atoms with E-state index in [0.717, 1.165) is 24.6 Å². The molecule has 0 atom stereocenters. The van der Waals surface area contributed by atoms with Crippen molar-refractivity contribution in [3.05, 3.63) is 83.8 Å². The first-order chi connectivity index (χ1) is 14.2. The molecule has 0 aliphatic rings. The molecule has 2 heterocycles. The molecule has 6 nitrogen and oxygen atoms in total. The number of guanidine groups is 1. The standard InChI is InChI=1S/C23H26N6.HI/c1-17-7-8-21-19(16-26-22(21)13-17)9-11-25-23(24-2)27-15-18-5-3-6-20(14-18)29-12-4-10-28-29;/h3-8,10,12-14,16,26H,9,11,15H2,1-2H3,(H2,24,25,27);1H. The number of rotatable bonds is 6. The smallest absolute Gasteiger partial charge is 0.191 e. The quantitative estimate of drug-likeness (QED) is 0.205. The van der Waals surface area contributed by atoms with Gasteiger partial charge in [0.1, 0.15) is 0 Å². The molecule has 30 heavy (non-hydrogen) atoms. The summed E-state index contributed by atoms with van der Waals surface area (Å²) in [6, 6.07) is 16.8. The fraction of sp³-hybridized carbons (Fsp3) is 0.217. The van der Waals surface area contributed by atoms with Crippen LogP contribution in [0.25, 0.3) is 16.6 Å². The van der Waals surface area contributed by atoms with Gasteiger partial charge in [0.15, 0.2) is 5.96 Å². The van der Waals surface area contributed by atoms with E-state index in [4.69, 9.17) is 0 Å². The zero-order valence-corrected chi connectivity index (χ0v) is 19.6. The molecule has 0 unspecified atom stereocenters. The lowest BCUT2D eigenvalue weighted by atomic mass is 10.1. The zero-order valence-electron chi connectivity index (χ0n) is 17.2. The van der Waals surface area contributed by atoms with Crippen LogP contribution < -0.4 is 10.6 Å². The van der Waals surface area contributed by atoms with Crippen LogP contribution in [0.5, 0.6) is 0 Å². The predicted molar refractivity (Wildman–Crippen MR) is 134 cm³/mol. The summed E-state index contributed by atoms with van der Waals surface area (Å²) in [5.41, 5.74) is 6.00. The Bertz CT molecular complexity index is 1110. The van der Waals surface area contributed by atoms with E-state index in [0.29, 0.717) is 6.54 Å². The molecule has 0 aliphatic carbocycles. The summed E-state index contributed by atoms with van der Waals surface area (Å²) in [7, 11) is 1.80. The molecule has 4 aromatic rings. The maximum absolute atomic E-state index is 4.34. The second-order valence-corrected chi connectivity index (χ2v) is 7.09. The Hall–Kier alpha value is -2.81. The highest BCUT2D eigenvalue weighted by Gasteiger charge is 2.05. The predicted octanol–water partition coefficient (Wildman–Crippen LogP) is 4.19. The molecule has 0 saturated heterocycles. The lowest BCUT2D eigenvalue weighted by molar-refractivity contribution is 0.794. The molecule has 0 bridgehead atoms. The van der Waals surface area contributed by atoms with Gasteiger partial charge in [0.05, 0.1) is 5.69 Å². The first kappa shape index (κ1) is 21.9. The molecule has 156 valence electrons. The van der Waals surface area contributed by atoms with Crippen molar-refractivity contribution in [2.24, 2.45) is 4.99 Å². The van der Waals surface area contributed by atoms with Crippen molar-refractivity contribution in [3.8, 4) is 5.69 Å². The molecular formula is C23H27IN6. The molecule has 0 amide bonds. The average molecular weight is 514 g/mol. The van der Waals surface area contributed by atoms with Crippen LogP contribution in [0, 0.1) is 6.92 Å². The van der Waals surface area contributed by atoms with Crippen molar-refractivity contribution in [1.82, 2.24) is 25.4 Å². The average Bonchev–Trinajstić information content (AvgIpc) is 3.41. The first-order valence-electron chi connectivity index (χ1n) is 9.83. The normalized spacial score (nSPS) is 11.3. The van der Waals surface area contributed by atoms with E-state index < -0.39 is 0 Å². The summed E-state index contributed by atoms with van der Waals surface area (Å²) in [5, 5.41) is 12.4. The molecular weight excluding hydrogens is 487 g/mol. The summed E-state index contributed by atoms with van der Waals surface area (Å²) in [5.74, 6) is 0.796. The number of fused-ring (bicyclic) bond motifs is 1. The number of benzene rings is 2. The van der Waals surface area contributed by atoms with Gasteiger partial charge in [-0.2, -0.15) is 5.10 Å². The highest BCUT2D eigenvalue weighted by molar-refractivity contribution is 14.0. The van der Waals surface area contributed by atoms with E-state index in [9.17, 15) is 0 Å². The lowest BCUT2D eigenvalue weighted by Crippen LogP contribution is -2.37. The van der Waals surface area contributed by atoms with Gasteiger partial charge in [0, 0.05) is 49.6 Å². The number of hydrogen-bond acceptors (Lipinski definition) is 2. The van der Waals surface area contributed by atoms with Crippen LogP contribution in [0.3, 0.4) is 0 Å². The molecule has 0 aliphatic heterocycles. The van der Waals surface area contributed by atoms with E-state index in [2.05, 4.69) is 69.2 Å². The highest BCUT2D eigenvalue weighted by Crippen LogP contribution is 2.19. The Kier molecular flexibility index (Phi) is 7.51. The van der Waals surface area contributed by atoms with E-state index in [1.165, 1.54) is 27.6 Å². The molecule has 7 heteroatoms. The number of aromatic amines is 1. The van der Waals surface area contributed by atoms with Gasteiger partial charge in [-0.25, -0.2) is 4.68 Å². The minimum Gasteiger partial charge on any atom is -0.361 e. The second-order valence-electron chi connectivity index (χ2n) is 7.09. The van der Waals surface area contributed by atoms with Crippen molar-refractivity contribution in [2.45, 2.75) is 19.9 Å². The van der Waals surface area contributed by atoms with Gasteiger partial charge in [-0.1, -0.05) is 24.3 Å². The summed E-state index contributed by atoms with van der Waals surface area (Å²) >= 11 is 0. The van der Waals surface area contributed by atoms with Crippen LogP contribution in [0.1, 0.15) is 16.7 Å². The molecule has 2 aromatic heterocycles. The number of nitrogens with one attached hydrogen (secondary N) is 3. The number of aromatic nitrogens is 3. The van der Waals surface area contributed by atoms with Crippen LogP contribution >= 0.6 is 24.0 Å². The Labute approximate surface area is 193 Å². The third-order valence-electron chi connectivity index (χ3n) is 4.97. The van der Waals surface area contributed by atoms with Crippen molar-refractivity contribution in [3.63, 3.8) is 0 Å². The second kappa shape index (κ2) is 10.3. The summed E-state index contributed by atoms with van der Waals surface area (Å²) in [6.45, 7) is 3.62. The maximum atomic E-state index is 4.34. The largest absolute Gasteiger partial charge is 0.361 e. The van der Waals surface area contributed by atoms with Crippen LogP contribution in [0.15, 0.2) is 72.1 Å². The fourth-order valence-electron chi connectivity index (χ4n) is 3.46. The van der Waals surface area contributed by atoms with Crippen LogP contribution in [-0.2, 0) is 13.0 Å². The van der Waals surface area contributed by atoms with Gasteiger partial charge in [-0.05, 0) is 54.3 Å². The Morgan fingerprint density at radius 3 is 2.83 bits per heavy atom. The van der Waals surface area contributed by atoms with Gasteiger partial charge in [0.2, 0.25) is 0 Å². The third-order valence-corrected chi connectivity index (χ3v) is 4.97. The number of hydrogen-bond donors (Lipinski definition) is 3. The summed E-state index contributed by atoms with van der Waals surface area (Å²) < 4.78 is 1.86. The highest BCUT2D eigenvalue weighted by atomic mass is 127. The van der Waals surface area contributed by atoms with Gasteiger partial charge in [0.25, 0.3) is 0 Å². The summed E-state index contributed by atoms with van der Waals surface area (Å²) in [4.78, 5) is 7.70. The van der Waals surface area contributed by atoms with E-state index >= 15 is 0 Å². The van der Waals surface area contributed by atoms with Gasteiger partial charge < -0.3 is 15.6 Å². The van der Waals surface area contributed by atoms with Crippen LogP contribution in [-0.4, -0.2) is 34.3 Å². The van der Waals surface area contributed by atoms with Crippen molar-refractivity contribution < 1.29 is 0 Å². The molecule has 0 spiro atoms. The Morgan fingerprint density at radius 1 is 1.13 bits per heavy atom. The van der Waals surface area contributed by atoms with Gasteiger partial charge >= 0.3 is 0 Å². The lowest BCUT2D eigenvalue weighted by Gasteiger charge is -2.12. The minimum absolute atomic E-state index is 0. The first-order valence-corrected chi connectivity index (χ1v) is 9.83. The fourth-order valence-corrected chi connectivity index (χ4v) is 3.46. The molecule has 0 radical (unpaired) electrons. The molecule has 4 rings (SSSR count). The van der Waals surface area contributed by atoms with Crippen LogP contribution in [0.2, 0.25) is 0 Å². The number of aliphatic imine (C=N–C) groups is 1. The van der Waals surface area contributed by atoms with Crippen molar-refractivity contribution >= 4 is 40.8 Å². The Morgan fingerprint density at radius 2 is 2.03 bits per heavy atom. The van der Waals surface area contributed by atoms with Crippen LogP contribution in [0.4, 0.5) is 0 Å². The molecule has 0 fully saturated rings. The summed E-state index contributed by atoms with van der Waals surface area (Å²) in [6.07, 6.45) is 6.76. The SMILES string of the molecule is CN=C(NCCc1c[nH]c2cc(C)ccc12)NCc1cccc(-n2cccn2)c1.I. The number of halogens is 1. The molecule has 2 aromatic carbocycles. The third kappa shape index (κ3) is 5.21. The Balaban J connectivity index is 0.00000256. The molecule has 3 N–H and O–H groups in total. The maximum Gasteiger partial charge on any atom is 0.191 e. The number of aryl methyl sites for hydroxylation is 1. The van der Waals surface area contributed by atoms with Gasteiger partial charge in [-0.3, -0.25) is 4.99 Å². The van der Waals surface area contributed by atoms with Gasteiger partial charge in [-0.15, -0.1) is 24.0 Å². The van der Waals surface area contributed by atoms with E-state index in [1.807, 2.05) is 29.1 Å². The van der Waals surface area contributed by atoms with Crippen molar-refractivity contribution in [1.29, 1.82) is 0 Å². The number of H-pyrrole nitrogens is 1. The van der Waals surface area contributed by atoms with E-state index in [1.54, 1.807) is 13.2 Å². The number of nitrogens with zero attached hydrogens (tertiary/aromatic N) is 3. The van der Waals surface area contributed by atoms with E-state index in [-0.39, 0.29) is 24.0 Å².